The van der Waals surface area contributed by atoms with Crippen LogP contribution in [0, 0.1) is 0 Å². The van der Waals surface area contributed by atoms with Crippen molar-refractivity contribution in [1.82, 2.24) is 4.98 Å². The maximum Gasteiger partial charge on any atom is 0.219 e. The van der Waals surface area contributed by atoms with E-state index in [1.54, 1.807) is 6.20 Å². The molecule has 2 aromatic rings. The van der Waals surface area contributed by atoms with Gasteiger partial charge in [-0.2, -0.15) is 0 Å². The predicted octanol–water partition coefficient (Wildman–Crippen LogP) is 3.29. The van der Waals surface area contributed by atoms with Gasteiger partial charge in [-0.25, -0.2) is 4.98 Å². The zero-order chi connectivity index (χ0) is 13.7. The van der Waals surface area contributed by atoms with Crippen molar-refractivity contribution < 1.29 is 9.47 Å². The van der Waals surface area contributed by atoms with Crippen LogP contribution >= 0.6 is 0 Å². The third-order valence-corrected chi connectivity index (χ3v) is 2.65. The molecular formula is C15H18N2O2. The van der Waals surface area contributed by atoms with Crippen LogP contribution in [0.1, 0.15) is 25.5 Å². The standard InChI is InChI=1S/C15H18N2O2/c1-3-18-13-6-4-5-7-14(13)19-15-10-12(11(2)16)8-9-17-15/h4-11H,3,16H2,1-2H3/t11-/m0/s1. The van der Waals surface area contributed by atoms with Gasteiger partial charge in [0.1, 0.15) is 0 Å². The molecule has 1 aromatic heterocycles. The highest BCUT2D eigenvalue weighted by atomic mass is 16.5. The number of ether oxygens (including phenoxy) is 2. The summed E-state index contributed by atoms with van der Waals surface area (Å²) in [4.78, 5) is 4.18. The fourth-order valence-corrected chi connectivity index (χ4v) is 1.69. The van der Waals surface area contributed by atoms with Crippen molar-refractivity contribution >= 4 is 0 Å². The van der Waals surface area contributed by atoms with Crippen molar-refractivity contribution in [3.8, 4) is 17.4 Å². The number of aromatic nitrogens is 1. The Kier molecular flexibility index (Phi) is 4.36. The van der Waals surface area contributed by atoms with E-state index in [0.717, 1.165) is 5.56 Å². The Labute approximate surface area is 113 Å². The molecular weight excluding hydrogens is 240 g/mol. The van der Waals surface area contributed by atoms with Crippen molar-refractivity contribution in [2.75, 3.05) is 6.61 Å². The molecule has 0 aliphatic carbocycles. The molecule has 0 saturated carbocycles. The van der Waals surface area contributed by atoms with Crippen molar-refractivity contribution in [2.24, 2.45) is 5.73 Å². The topological polar surface area (TPSA) is 57.4 Å². The maximum absolute atomic E-state index is 5.85. The molecule has 0 unspecified atom stereocenters. The molecule has 0 bridgehead atoms. The molecule has 4 heteroatoms. The number of hydrogen-bond donors (Lipinski definition) is 1. The van der Waals surface area contributed by atoms with Gasteiger partial charge >= 0.3 is 0 Å². The smallest absolute Gasteiger partial charge is 0.219 e. The Morgan fingerprint density at radius 3 is 2.63 bits per heavy atom. The van der Waals surface area contributed by atoms with Crippen LogP contribution in [0.15, 0.2) is 42.6 Å². The van der Waals surface area contributed by atoms with E-state index in [2.05, 4.69) is 4.98 Å². The molecule has 2 N–H and O–H groups in total. The Hall–Kier alpha value is -2.07. The highest BCUT2D eigenvalue weighted by molar-refractivity contribution is 5.42. The minimum absolute atomic E-state index is 0.0486. The summed E-state index contributed by atoms with van der Waals surface area (Å²) in [6.45, 7) is 4.45. The number of nitrogens with two attached hydrogens (primary N) is 1. The van der Waals surface area contributed by atoms with Gasteiger partial charge in [0.25, 0.3) is 0 Å². The van der Waals surface area contributed by atoms with Crippen LogP contribution in [0.5, 0.6) is 17.4 Å². The summed E-state index contributed by atoms with van der Waals surface area (Å²) in [7, 11) is 0. The van der Waals surface area contributed by atoms with Crippen LogP contribution in [-0.4, -0.2) is 11.6 Å². The zero-order valence-corrected chi connectivity index (χ0v) is 11.2. The molecule has 100 valence electrons. The van der Waals surface area contributed by atoms with Crippen LogP contribution in [-0.2, 0) is 0 Å². The lowest BCUT2D eigenvalue weighted by Crippen LogP contribution is -2.05. The number of benzene rings is 1. The van der Waals surface area contributed by atoms with Crippen LogP contribution in [0.2, 0.25) is 0 Å². The number of hydrogen-bond acceptors (Lipinski definition) is 4. The second-order valence-electron chi connectivity index (χ2n) is 4.20. The Balaban J connectivity index is 2.23. The number of rotatable bonds is 5. The molecule has 0 saturated heterocycles. The first-order valence-electron chi connectivity index (χ1n) is 6.32. The SMILES string of the molecule is CCOc1ccccc1Oc1cc([C@H](C)N)ccn1. The average molecular weight is 258 g/mol. The second kappa shape index (κ2) is 6.20. The van der Waals surface area contributed by atoms with E-state index < -0.39 is 0 Å². The van der Waals surface area contributed by atoms with Gasteiger partial charge < -0.3 is 15.2 Å². The molecule has 2 rings (SSSR count). The van der Waals surface area contributed by atoms with Gasteiger partial charge in [0.15, 0.2) is 11.5 Å². The molecule has 0 aliphatic heterocycles. The predicted molar refractivity (Wildman–Crippen MR) is 74.5 cm³/mol. The average Bonchev–Trinajstić information content (AvgIpc) is 2.41. The van der Waals surface area contributed by atoms with Crippen molar-refractivity contribution in [1.29, 1.82) is 0 Å². The summed E-state index contributed by atoms with van der Waals surface area (Å²) in [6, 6.07) is 11.2. The number of nitrogens with zero attached hydrogens (tertiary/aromatic N) is 1. The third-order valence-electron chi connectivity index (χ3n) is 2.65. The molecule has 4 nitrogen and oxygen atoms in total. The van der Waals surface area contributed by atoms with E-state index in [4.69, 9.17) is 15.2 Å². The zero-order valence-electron chi connectivity index (χ0n) is 11.2. The van der Waals surface area contributed by atoms with Gasteiger partial charge in [-0.15, -0.1) is 0 Å². The van der Waals surface area contributed by atoms with Gasteiger partial charge in [0.05, 0.1) is 6.61 Å². The summed E-state index contributed by atoms with van der Waals surface area (Å²) in [6.07, 6.45) is 1.69. The first kappa shape index (κ1) is 13.4. The van der Waals surface area contributed by atoms with E-state index in [1.807, 2.05) is 50.2 Å². The second-order valence-corrected chi connectivity index (χ2v) is 4.20. The minimum atomic E-state index is -0.0486. The largest absolute Gasteiger partial charge is 0.490 e. The monoisotopic (exact) mass is 258 g/mol. The Bertz CT molecular complexity index is 541. The third kappa shape index (κ3) is 3.45. The van der Waals surface area contributed by atoms with E-state index in [-0.39, 0.29) is 6.04 Å². The minimum Gasteiger partial charge on any atom is -0.490 e. The van der Waals surface area contributed by atoms with Gasteiger partial charge in [0, 0.05) is 18.3 Å². The Morgan fingerprint density at radius 1 is 1.21 bits per heavy atom. The van der Waals surface area contributed by atoms with Gasteiger partial charge in [-0.1, -0.05) is 12.1 Å². The fraction of sp³-hybridized carbons (Fsp3) is 0.267. The first-order chi connectivity index (χ1) is 9.20. The summed E-state index contributed by atoms with van der Waals surface area (Å²) < 4.78 is 11.3. The molecule has 0 fully saturated rings. The summed E-state index contributed by atoms with van der Waals surface area (Å²) in [5.41, 5.74) is 6.83. The molecule has 0 aliphatic rings. The molecule has 1 atom stereocenters. The lowest BCUT2D eigenvalue weighted by atomic mass is 10.1. The van der Waals surface area contributed by atoms with E-state index in [1.165, 1.54) is 0 Å². The van der Waals surface area contributed by atoms with Crippen LogP contribution in [0.4, 0.5) is 0 Å². The highest BCUT2D eigenvalue weighted by Gasteiger charge is 2.07. The lowest BCUT2D eigenvalue weighted by molar-refractivity contribution is 0.319. The Morgan fingerprint density at radius 2 is 1.95 bits per heavy atom. The molecule has 1 heterocycles. The highest BCUT2D eigenvalue weighted by Crippen LogP contribution is 2.30. The van der Waals surface area contributed by atoms with Crippen LogP contribution in [0.25, 0.3) is 0 Å². The van der Waals surface area contributed by atoms with E-state index in [9.17, 15) is 0 Å². The molecule has 1 aromatic carbocycles. The summed E-state index contributed by atoms with van der Waals surface area (Å²) in [5, 5.41) is 0. The van der Waals surface area contributed by atoms with Crippen molar-refractivity contribution in [2.45, 2.75) is 19.9 Å². The summed E-state index contributed by atoms with van der Waals surface area (Å²) >= 11 is 0. The van der Waals surface area contributed by atoms with E-state index in [0.29, 0.717) is 24.0 Å². The fourth-order valence-electron chi connectivity index (χ4n) is 1.69. The normalized spacial score (nSPS) is 11.9. The van der Waals surface area contributed by atoms with Gasteiger partial charge in [-0.3, -0.25) is 0 Å². The van der Waals surface area contributed by atoms with Crippen molar-refractivity contribution in [3.63, 3.8) is 0 Å². The number of pyridine rings is 1. The van der Waals surface area contributed by atoms with Crippen LogP contribution in [0.3, 0.4) is 0 Å². The lowest BCUT2D eigenvalue weighted by Gasteiger charge is -2.12. The molecule has 0 spiro atoms. The summed E-state index contributed by atoms with van der Waals surface area (Å²) in [5.74, 6) is 1.87. The van der Waals surface area contributed by atoms with E-state index >= 15 is 0 Å². The molecule has 19 heavy (non-hydrogen) atoms. The molecule has 0 radical (unpaired) electrons. The number of para-hydroxylation sites is 2. The quantitative estimate of drug-likeness (QED) is 0.894. The van der Waals surface area contributed by atoms with Gasteiger partial charge in [-0.05, 0) is 37.6 Å². The van der Waals surface area contributed by atoms with Crippen LogP contribution < -0.4 is 15.2 Å². The first-order valence-corrected chi connectivity index (χ1v) is 6.32. The van der Waals surface area contributed by atoms with Crippen molar-refractivity contribution in [3.05, 3.63) is 48.2 Å². The van der Waals surface area contributed by atoms with Gasteiger partial charge in [0.2, 0.25) is 5.88 Å². The maximum atomic E-state index is 5.85. The molecule has 0 amide bonds.